The second kappa shape index (κ2) is 11.1. The molecule has 37 heavy (non-hydrogen) atoms. The molecule has 0 spiro atoms. The lowest BCUT2D eigenvalue weighted by atomic mass is 9.92. The molecule has 2 N–H and O–H groups in total. The number of aliphatic hydroxyl groups is 1. The molecular formula is C25H21N7O5. The van der Waals surface area contributed by atoms with E-state index in [1.807, 2.05) is 12.1 Å². The Morgan fingerprint density at radius 3 is 2.62 bits per heavy atom. The minimum atomic E-state index is -0.799. The number of nitrogens with one attached hydrogen (secondary N) is 1. The van der Waals surface area contributed by atoms with Crippen LogP contribution in [0.4, 0.5) is 11.6 Å². The number of carbonyl (C=O) groups excluding carboxylic acids is 1. The van der Waals surface area contributed by atoms with Gasteiger partial charge in [-0.05, 0) is 36.8 Å². The zero-order valence-electron chi connectivity index (χ0n) is 19.4. The second-order valence-electron chi connectivity index (χ2n) is 7.90. The molecule has 2 aromatic heterocycles. The normalized spacial score (nSPS) is 15.8. The quantitative estimate of drug-likeness (QED) is 0.239. The van der Waals surface area contributed by atoms with E-state index in [0.717, 1.165) is 0 Å². The van der Waals surface area contributed by atoms with Gasteiger partial charge in [-0.25, -0.2) is 14.8 Å². The van der Waals surface area contributed by atoms with Gasteiger partial charge in [0.1, 0.15) is 23.9 Å². The van der Waals surface area contributed by atoms with Crippen molar-refractivity contribution in [2.24, 2.45) is 4.99 Å². The number of rotatable bonds is 10. The summed E-state index contributed by atoms with van der Waals surface area (Å²) >= 11 is 0. The van der Waals surface area contributed by atoms with Gasteiger partial charge in [0, 0.05) is 30.6 Å². The monoisotopic (exact) mass is 499 g/mol. The molecule has 0 aliphatic carbocycles. The van der Waals surface area contributed by atoms with Gasteiger partial charge in [0.2, 0.25) is 5.95 Å². The molecule has 3 aromatic rings. The van der Waals surface area contributed by atoms with Crippen LogP contribution in [0, 0.1) is 21.4 Å². The molecule has 12 nitrogen and oxygen atoms in total. The van der Waals surface area contributed by atoms with Crippen molar-refractivity contribution < 1.29 is 19.6 Å². The molecular weight excluding hydrogens is 478 g/mol. The van der Waals surface area contributed by atoms with Gasteiger partial charge < -0.3 is 15.2 Å². The molecule has 12 heteroatoms. The molecule has 1 aromatic carbocycles. The number of hydrogen-bond donors (Lipinski definition) is 2. The highest BCUT2D eigenvalue weighted by Crippen LogP contribution is 2.33. The van der Waals surface area contributed by atoms with E-state index >= 15 is 0 Å². The average Bonchev–Trinajstić information content (AvgIpc) is 3.41. The standard InChI is InChI=1S/C25H21N7O5/c26-14-17-2-4-18(5-3-17)22-20(23(34)37-13-12-33)16-29-24(31-22)27-11-9-25(8-1-10-30-25)21-7-6-19(15-28-21)32(35)36/h1-8,10,15-16,33H,9,11-13H2,(H,27,29,31). The Morgan fingerprint density at radius 2 is 2.00 bits per heavy atom. The fourth-order valence-electron chi connectivity index (χ4n) is 3.72. The Labute approximate surface area is 211 Å². The molecule has 0 saturated carbocycles. The highest BCUT2D eigenvalue weighted by atomic mass is 16.6. The van der Waals surface area contributed by atoms with Gasteiger partial charge in [-0.2, -0.15) is 5.26 Å². The first-order valence-corrected chi connectivity index (χ1v) is 11.2. The van der Waals surface area contributed by atoms with Crippen molar-refractivity contribution in [3.05, 3.63) is 87.9 Å². The van der Waals surface area contributed by atoms with Crippen molar-refractivity contribution >= 4 is 23.8 Å². The molecule has 0 fully saturated rings. The van der Waals surface area contributed by atoms with Crippen LogP contribution in [0.25, 0.3) is 11.3 Å². The predicted molar refractivity (Wildman–Crippen MR) is 133 cm³/mol. The summed E-state index contributed by atoms with van der Waals surface area (Å²) in [5, 5.41) is 32.2. The molecule has 0 amide bonds. The third kappa shape index (κ3) is 5.63. The fraction of sp³-hybridized carbons (Fsp3) is 0.200. The number of nitrogens with zero attached hydrogens (tertiary/aromatic N) is 6. The first-order valence-electron chi connectivity index (χ1n) is 11.2. The van der Waals surface area contributed by atoms with Crippen LogP contribution in [0.2, 0.25) is 0 Å². The highest BCUT2D eigenvalue weighted by Gasteiger charge is 2.32. The third-order valence-electron chi connectivity index (χ3n) is 5.57. The largest absolute Gasteiger partial charge is 0.460 e. The molecule has 4 rings (SSSR count). The van der Waals surface area contributed by atoms with Gasteiger partial charge in [-0.3, -0.25) is 20.1 Å². The smallest absolute Gasteiger partial charge is 0.342 e. The first kappa shape index (κ1) is 25.1. The first-order chi connectivity index (χ1) is 18.0. The molecule has 0 radical (unpaired) electrons. The van der Waals surface area contributed by atoms with Gasteiger partial charge in [-0.1, -0.05) is 12.1 Å². The van der Waals surface area contributed by atoms with Crippen molar-refractivity contribution in [2.45, 2.75) is 12.0 Å². The number of esters is 1. The van der Waals surface area contributed by atoms with Gasteiger partial charge >= 0.3 is 5.97 Å². The Hall–Kier alpha value is -5.02. The number of aliphatic hydroxyl groups excluding tert-OH is 1. The van der Waals surface area contributed by atoms with E-state index in [0.29, 0.717) is 35.5 Å². The van der Waals surface area contributed by atoms with E-state index in [-0.39, 0.29) is 30.4 Å². The van der Waals surface area contributed by atoms with Crippen LogP contribution >= 0.6 is 0 Å². The van der Waals surface area contributed by atoms with Crippen LogP contribution in [0.5, 0.6) is 0 Å². The number of pyridine rings is 1. The highest BCUT2D eigenvalue weighted by molar-refractivity contribution is 5.96. The number of nitriles is 1. The molecule has 0 saturated heterocycles. The van der Waals surface area contributed by atoms with Gasteiger partial charge in [0.15, 0.2) is 0 Å². The number of hydrogen-bond acceptors (Lipinski definition) is 11. The molecule has 0 bridgehead atoms. The summed E-state index contributed by atoms with van der Waals surface area (Å²) in [5.41, 5.74) is 1.10. The van der Waals surface area contributed by atoms with Crippen molar-refractivity contribution in [1.29, 1.82) is 5.26 Å². The Morgan fingerprint density at radius 1 is 1.19 bits per heavy atom. The summed E-state index contributed by atoms with van der Waals surface area (Å²) in [4.78, 5) is 40.5. The van der Waals surface area contributed by atoms with E-state index in [1.54, 1.807) is 42.6 Å². The van der Waals surface area contributed by atoms with Crippen LogP contribution in [0.3, 0.4) is 0 Å². The van der Waals surface area contributed by atoms with Crippen LogP contribution < -0.4 is 5.32 Å². The second-order valence-corrected chi connectivity index (χ2v) is 7.90. The number of benzene rings is 1. The van der Waals surface area contributed by atoms with Gasteiger partial charge in [0.25, 0.3) is 5.69 Å². The maximum Gasteiger partial charge on any atom is 0.342 e. The zero-order chi connectivity index (χ0) is 26.3. The van der Waals surface area contributed by atoms with E-state index in [4.69, 9.17) is 15.1 Å². The van der Waals surface area contributed by atoms with Crippen molar-refractivity contribution in [2.75, 3.05) is 25.1 Å². The molecule has 3 heterocycles. The van der Waals surface area contributed by atoms with Gasteiger partial charge in [0.05, 0.1) is 34.6 Å². The number of ether oxygens (including phenoxy) is 1. The van der Waals surface area contributed by atoms with Crippen molar-refractivity contribution in [3.63, 3.8) is 0 Å². The zero-order valence-corrected chi connectivity index (χ0v) is 19.4. The predicted octanol–water partition coefficient (Wildman–Crippen LogP) is 2.81. The molecule has 186 valence electrons. The van der Waals surface area contributed by atoms with Crippen LogP contribution in [0.15, 0.2) is 65.9 Å². The topological polar surface area (TPSA) is 177 Å². The lowest BCUT2D eigenvalue weighted by Crippen LogP contribution is -2.25. The lowest BCUT2D eigenvalue weighted by molar-refractivity contribution is -0.385. The molecule has 1 aliphatic heterocycles. The lowest BCUT2D eigenvalue weighted by Gasteiger charge is -2.23. The summed E-state index contributed by atoms with van der Waals surface area (Å²) in [5.74, 6) is -0.440. The summed E-state index contributed by atoms with van der Waals surface area (Å²) in [6, 6.07) is 11.6. The third-order valence-corrected chi connectivity index (χ3v) is 5.57. The Kier molecular flexibility index (Phi) is 7.56. The summed E-state index contributed by atoms with van der Waals surface area (Å²) in [6.07, 6.45) is 8.29. The number of aliphatic imine (C=N–C) groups is 1. The van der Waals surface area contributed by atoms with Gasteiger partial charge in [-0.15, -0.1) is 0 Å². The van der Waals surface area contributed by atoms with Crippen LogP contribution in [-0.4, -0.2) is 56.9 Å². The number of nitro groups is 1. The molecule has 1 unspecified atom stereocenters. The van der Waals surface area contributed by atoms with E-state index in [1.165, 1.54) is 18.5 Å². The summed E-state index contributed by atoms with van der Waals surface area (Å²) in [6.45, 7) is -0.124. The molecule has 1 aliphatic rings. The SMILES string of the molecule is N#Cc1ccc(-c2nc(NCCC3(c4ccc([N+](=O)[O-])cn4)C=CC=N3)ncc2C(=O)OCCO)cc1. The average molecular weight is 499 g/mol. The van der Waals surface area contributed by atoms with E-state index in [2.05, 4.69) is 25.3 Å². The number of carbonyl (C=O) groups is 1. The van der Waals surface area contributed by atoms with Crippen LogP contribution in [-0.2, 0) is 10.3 Å². The number of allylic oxidation sites excluding steroid dienone is 1. The van der Waals surface area contributed by atoms with Crippen molar-refractivity contribution in [1.82, 2.24) is 15.0 Å². The summed E-state index contributed by atoms with van der Waals surface area (Å²) in [7, 11) is 0. The number of aromatic nitrogens is 3. The van der Waals surface area contributed by atoms with Crippen molar-refractivity contribution in [3.8, 4) is 17.3 Å². The Bertz CT molecular complexity index is 1380. The Balaban J connectivity index is 1.55. The minimum absolute atomic E-state index is 0.107. The van der Waals surface area contributed by atoms with E-state index in [9.17, 15) is 14.9 Å². The maximum atomic E-state index is 12.5. The summed E-state index contributed by atoms with van der Waals surface area (Å²) < 4.78 is 5.04. The van der Waals surface area contributed by atoms with E-state index < -0.39 is 16.4 Å². The number of anilines is 1. The van der Waals surface area contributed by atoms with Crippen LogP contribution in [0.1, 0.15) is 28.0 Å². The minimum Gasteiger partial charge on any atom is -0.460 e. The fourth-order valence-corrected chi connectivity index (χ4v) is 3.72. The maximum absolute atomic E-state index is 12.5. The molecule has 1 atom stereocenters.